The van der Waals surface area contributed by atoms with Crippen LogP contribution in [0.15, 0.2) is 108 Å². The van der Waals surface area contributed by atoms with Crippen LogP contribution >= 0.6 is 11.6 Å². The molecule has 0 saturated heterocycles. The standard InChI is InChI=1S/C35H37ClFN3O5S/c1-4-25(2)38-35(42)32(21-26-13-7-5-8-14-26)39(23-27-15-11-12-18-30(27)37)34(41)24-40(31-22-28(36)19-20-33(31)45-3)46(43,44)29-16-9-6-10-17-29/h5-20,22,25,32H,4,21,23-24H2,1-3H3,(H,38,42)/t25-,32+/m0/s1. The summed E-state index contributed by atoms with van der Waals surface area (Å²) in [6, 6.07) is 25.9. The molecule has 2 atom stereocenters. The van der Waals surface area contributed by atoms with Crippen molar-refractivity contribution in [2.24, 2.45) is 0 Å². The number of sulfonamides is 1. The van der Waals surface area contributed by atoms with Crippen LogP contribution in [0, 0.1) is 5.82 Å². The smallest absolute Gasteiger partial charge is 0.264 e. The van der Waals surface area contributed by atoms with E-state index in [0.717, 1.165) is 9.87 Å². The fourth-order valence-electron chi connectivity index (χ4n) is 4.90. The van der Waals surface area contributed by atoms with Crippen LogP contribution < -0.4 is 14.4 Å². The number of nitrogens with one attached hydrogen (secondary N) is 1. The summed E-state index contributed by atoms with van der Waals surface area (Å²) in [4.78, 5) is 29.6. The minimum Gasteiger partial charge on any atom is -0.495 e. The van der Waals surface area contributed by atoms with Gasteiger partial charge < -0.3 is 15.0 Å². The monoisotopic (exact) mass is 665 g/mol. The number of hydrogen-bond donors (Lipinski definition) is 1. The maximum Gasteiger partial charge on any atom is 0.264 e. The van der Waals surface area contributed by atoms with Crippen LogP contribution in [-0.2, 0) is 32.6 Å². The van der Waals surface area contributed by atoms with Gasteiger partial charge in [-0.15, -0.1) is 0 Å². The molecule has 2 amide bonds. The topological polar surface area (TPSA) is 96.0 Å². The third kappa shape index (κ3) is 8.44. The molecule has 0 unspecified atom stereocenters. The van der Waals surface area contributed by atoms with Gasteiger partial charge >= 0.3 is 0 Å². The number of carbonyl (C=O) groups is 2. The predicted octanol–water partition coefficient (Wildman–Crippen LogP) is 6.24. The Kier molecular flexibility index (Phi) is 11.8. The average molecular weight is 666 g/mol. The number of methoxy groups -OCH3 is 1. The van der Waals surface area contributed by atoms with Crippen LogP contribution in [0.2, 0.25) is 5.02 Å². The van der Waals surface area contributed by atoms with Crippen LogP contribution in [0.5, 0.6) is 5.75 Å². The largest absolute Gasteiger partial charge is 0.495 e. The van der Waals surface area contributed by atoms with Crippen molar-refractivity contribution in [3.8, 4) is 5.75 Å². The van der Waals surface area contributed by atoms with Gasteiger partial charge in [-0.1, -0.05) is 85.3 Å². The van der Waals surface area contributed by atoms with Gasteiger partial charge in [0, 0.05) is 29.6 Å². The lowest BCUT2D eigenvalue weighted by atomic mass is 10.0. The number of rotatable bonds is 14. The maximum atomic E-state index is 15.1. The number of halogens is 2. The summed E-state index contributed by atoms with van der Waals surface area (Å²) in [6.45, 7) is 2.75. The Hall–Kier alpha value is -4.41. The van der Waals surface area contributed by atoms with Gasteiger partial charge in [0.15, 0.2) is 0 Å². The Morgan fingerprint density at radius 2 is 1.57 bits per heavy atom. The molecule has 1 N–H and O–H groups in total. The third-order valence-electron chi connectivity index (χ3n) is 7.59. The molecule has 0 bridgehead atoms. The average Bonchev–Trinajstić information content (AvgIpc) is 3.06. The van der Waals surface area contributed by atoms with E-state index in [1.165, 1.54) is 54.5 Å². The second-order valence-electron chi connectivity index (χ2n) is 10.8. The molecule has 0 spiro atoms. The van der Waals surface area contributed by atoms with Crippen molar-refractivity contribution in [2.75, 3.05) is 18.0 Å². The summed E-state index contributed by atoms with van der Waals surface area (Å²) in [7, 11) is -2.99. The molecule has 242 valence electrons. The van der Waals surface area contributed by atoms with Crippen molar-refractivity contribution in [2.45, 2.75) is 50.2 Å². The van der Waals surface area contributed by atoms with Gasteiger partial charge in [0.2, 0.25) is 11.8 Å². The normalized spacial score (nSPS) is 12.5. The second kappa shape index (κ2) is 15.7. The Morgan fingerprint density at radius 1 is 0.935 bits per heavy atom. The summed E-state index contributed by atoms with van der Waals surface area (Å²) >= 11 is 6.32. The summed E-state index contributed by atoms with van der Waals surface area (Å²) in [5.74, 6) is -1.58. The van der Waals surface area contributed by atoms with E-state index >= 15 is 4.39 Å². The number of benzene rings is 4. The minimum atomic E-state index is -4.37. The van der Waals surface area contributed by atoms with Gasteiger partial charge in [0.1, 0.15) is 24.2 Å². The quantitative estimate of drug-likeness (QED) is 0.172. The molecule has 0 aliphatic carbocycles. The summed E-state index contributed by atoms with van der Waals surface area (Å²) < 4.78 is 49.8. The molecule has 8 nitrogen and oxygen atoms in total. The van der Waals surface area contributed by atoms with E-state index < -0.39 is 40.2 Å². The zero-order chi connectivity index (χ0) is 33.3. The number of anilines is 1. The van der Waals surface area contributed by atoms with Crippen LogP contribution in [0.1, 0.15) is 31.4 Å². The van der Waals surface area contributed by atoms with Gasteiger partial charge in [0.05, 0.1) is 17.7 Å². The highest BCUT2D eigenvalue weighted by Crippen LogP contribution is 2.35. The van der Waals surface area contributed by atoms with Gasteiger partial charge in [-0.25, -0.2) is 12.8 Å². The highest BCUT2D eigenvalue weighted by Gasteiger charge is 2.36. The first-order chi connectivity index (χ1) is 22.0. The van der Waals surface area contributed by atoms with Crippen LogP contribution in [0.25, 0.3) is 0 Å². The lowest BCUT2D eigenvalue weighted by Crippen LogP contribution is -2.54. The minimum absolute atomic E-state index is 0.0294. The molecule has 0 heterocycles. The zero-order valence-corrected chi connectivity index (χ0v) is 27.5. The zero-order valence-electron chi connectivity index (χ0n) is 25.9. The van der Waals surface area contributed by atoms with E-state index in [0.29, 0.717) is 6.42 Å². The number of ether oxygens (including phenoxy) is 1. The predicted molar refractivity (Wildman–Crippen MR) is 178 cm³/mol. The van der Waals surface area contributed by atoms with Gasteiger partial charge in [-0.05, 0) is 55.3 Å². The summed E-state index contributed by atoms with van der Waals surface area (Å²) in [5, 5.41) is 3.17. The van der Waals surface area contributed by atoms with Crippen molar-refractivity contribution in [3.05, 3.63) is 125 Å². The van der Waals surface area contributed by atoms with E-state index in [1.807, 2.05) is 44.2 Å². The first-order valence-electron chi connectivity index (χ1n) is 14.8. The fraction of sp³-hybridized carbons (Fsp3) is 0.257. The molecule has 46 heavy (non-hydrogen) atoms. The van der Waals surface area contributed by atoms with Crippen LogP contribution in [-0.4, -0.2) is 50.9 Å². The molecule has 0 aliphatic rings. The molecule has 0 radical (unpaired) electrons. The van der Waals surface area contributed by atoms with Gasteiger partial charge in [0.25, 0.3) is 10.0 Å². The first-order valence-corrected chi connectivity index (χ1v) is 16.7. The van der Waals surface area contributed by atoms with Crippen molar-refractivity contribution >= 4 is 39.1 Å². The highest BCUT2D eigenvalue weighted by molar-refractivity contribution is 7.92. The second-order valence-corrected chi connectivity index (χ2v) is 13.1. The first kappa shape index (κ1) is 34.5. The molecule has 4 aromatic carbocycles. The number of amides is 2. The number of hydrogen-bond acceptors (Lipinski definition) is 5. The van der Waals surface area contributed by atoms with Gasteiger partial charge in [-0.3, -0.25) is 13.9 Å². The van der Waals surface area contributed by atoms with Gasteiger partial charge in [-0.2, -0.15) is 0 Å². The summed E-state index contributed by atoms with van der Waals surface area (Å²) in [6.07, 6.45) is 0.748. The van der Waals surface area contributed by atoms with E-state index in [-0.39, 0.29) is 45.9 Å². The number of nitrogens with zero attached hydrogens (tertiary/aromatic N) is 2. The van der Waals surface area contributed by atoms with E-state index in [9.17, 15) is 18.0 Å². The molecule has 4 aromatic rings. The Balaban J connectivity index is 1.86. The van der Waals surface area contributed by atoms with Crippen molar-refractivity contribution in [3.63, 3.8) is 0 Å². The van der Waals surface area contributed by atoms with E-state index in [1.54, 1.807) is 30.3 Å². The molecular formula is C35H37ClFN3O5S. The molecule has 0 aliphatic heterocycles. The Bertz CT molecular complexity index is 1740. The Morgan fingerprint density at radius 3 is 2.20 bits per heavy atom. The Labute approximate surface area is 274 Å². The molecule has 0 saturated carbocycles. The van der Waals surface area contributed by atoms with Crippen molar-refractivity contribution in [1.29, 1.82) is 0 Å². The van der Waals surface area contributed by atoms with Crippen molar-refractivity contribution < 1.29 is 27.1 Å². The summed E-state index contributed by atoms with van der Waals surface area (Å²) in [5.41, 5.74) is 0.966. The van der Waals surface area contributed by atoms with E-state index in [4.69, 9.17) is 16.3 Å². The molecule has 11 heteroatoms. The third-order valence-corrected chi connectivity index (χ3v) is 9.60. The number of carbonyl (C=O) groups excluding carboxylic acids is 2. The van der Waals surface area contributed by atoms with Crippen molar-refractivity contribution in [1.82, 2.24) is 10.2 Å². The fourth-order valence-corrected chi connectivity index (χ4v) is 6.50. The highest BCUT2D eigenvalue weighted by atomic mass is 35.5. The molecular weight excluding hydrogens is 629 g/mol. The van der Waals surface area contributed by atoms with Crippen LogP contribution in [0.4, 0.5) is 10.1 Å². The lowest BCUT2D eigenvalue weighted by molar-refractivity contribution is -0.140. The maximum absolute atomic E-state index is 15.1. The van der Waals surface area contributed by atoms with E-state index in [2.05, 4.69) is 5.32 Å². The molecule has 4 rings (SSSR count). The molecule has 0 aromatic heterocycles. The molecule has 0 fully saturated rings. The SMILES string of the molecule is CC[C@H](C)NC(=O)[C@@H](Cc1ccccc1)N(Cc1ccccc1F)C(=O)CN(c1cc(Cl)ccc1OC)S(=O)(=O)c1ccccc1. The van der Waals surface area contributed by atoms with Crippen LogP contribution in [0.3, 0.4) is 0 Å². The lowest BCUT2D eigenvalue weighted by Gasteiger charge is -2.34.